The number of ether oxygens (including phenoxy) is 1. The van der Waals surface area contributed by atoms with Crippen LogP contribution in [0.25, 0.3) is 0 Å². The van der Waals surface area contributed by atoms with Crippen molar-refractivity contribution in [2.24, 2.45) is 0 Å². The first-order valence-electron chi connectivity index (χ1n) is 5.47. The lowest BCUT2D eigenvalue weighted by Gasteiger charge is -2.25. The second-order valence-corrected chi connectivity index (χ2v) is 3.99. The Hall–Kier alpha value is -1.68. The summed E-state index contributed by atoms with van der Waals surface area (Å²) in [6.07, 6.45) is 1.31. The first kappa shape index (κ1) is 13.4. The Labute approximate surface area is 101 Å². The molecule has 0 aromatic heterocycles. The molecule has 1 aromatic rings. The van der Waals surface area contributed by atoms with E-state index in [0.29, 0.717) is 17.7 Å². The molecule has 0 aliphatic heterocycles. The molecule has 1 unspecified atom stereocenters. The van der Waals surface area contributed by atoms with Crippen LogP contribution in [0.1, 0.15) is 30.6 Å². The molecule has 1 N–H and O–H groups in total. The number of carbonyl (C=O) groups excluding carboxylic acids is 2. The van der Waals surface area contributed by atoms with E-state index in [1.165, 1.54) is 7.11 Å². The fourth-order valence-electron chi connectivity index (χ4n) is 1.35. The van der Waals surface area contributed by atoms with Crippen LogP contribution in [-0.4, -0.2) is 24.9 Å². The number of benzene rings is 1. The number of rotatable bonds is 5. The molecule has 92 valence electrons. The molecule has 1 atom stereocenters. The van der Waals surface area contributed by atoms with Crippen molar-refractivity contribution in [3.8, 4) is 0 Å². The van der Waals surface area contributed by atoms with Gasteiger partial charge in [-0.15, -0.1) is 0 Å². The summed E-state index contributed by atoms with van der Waals surface area (Å²) in [4.78, 5) is 22.6. The lowest BCUT2D eigenvalue weighted by atomic mass is 10.0. The van der Waals surface area contributed by atoms with Gasteiger partial charge in [0.05, 0.1) is 0 Å². The van der Waals surface area contributed by atoms with Crippen LogP contribution in [0.3, 0.4) is 0 Å². The molecule has 0 aliphatic rings. The predicted octanol–water partition coefficient (Wildman–Crippen LogP) is 2.25. The molecule has 1 amide bonds. The Morgan fingerprint density at radius 2 is 2.24 bits per heavy atom. The van der Waals surface area contributed by atoms with E-state index in [-0.39, 0.29) is 5.91 Å². The van der Waals surface area contributed by atoms with Crippen LogP contribution in [0.4, 0.5) is 5.69 Å². The third kappa shape index (κ3) is 3.14. The molecule has 0 fully saturated rings. The van der Waals surface area contributed by atoms with Gasteiger partial charge in [0.1, 0.15) is 11.9 Å². The fraction of sp³-hybridized carbons (Fsp3) is 0.385. The number of hydrogen-bond donors (Lipinski definition) is 1. The molecule has 0 spiro atoms. The molecule has 0 saturated heterocycles. The summed E-state index contributed by atoms with van der Waals surface area (Å²) in [5.41, 5.74) is 0.270. The van der Waals surface area contributed by atoms with Gasteiger partial charge in [-0.1, -0.05) is 19.1 Å². The number of anilines is 1. The maximum Gasteiger partial charge on any atom is 0.256 e. The zero-order valence-electron chi connectivity index (χ0n) is 10.3. The number of amides is 1. The smallest absolute Gasteiger partial charge is 0.256 e. The van der Waals surface area contributed by atoms with Crippen LogP contribution >= 0.6 is 0 Å². The van der Waals surface area contributed by atoms with Crippen LogP contribution in [0.15, 0.2) is 24.3 Å². The number of methoxy groups -OCH3 is 1. The number of aldehydes is 1. The van der Waals surface area contributed by atoms with Gasteiger partial charge in [0, 0.05) is 18.4 Å². The normalized spacial score (nSPS) is 13.8. The van der Waals surface area contributed by atoms with Crippen molar-refractivity contribution >= 4 is 17.9 Å². The first-order chi connectivity index (χ1) is 8.05. The highest BCUT2D eigenvalue weighted by Crippen LogP contribution is 2.18. The van der Waals surface area contributed by atoms with Crippen molar-refractivity contribution < 1.29 is 14.3 Å². The minimum Gasteiger partial charge on any atom is -0.369 e. The third-order valence-corrected chi connectivity index (χ3v) is 2.89. The predicted molar refractivity (Wildman–Crippen MR) is 66.2 cm³/mol. The standard InChI is InChI=1S/C13H17NO3/c1-4-13(2,17-3)12(16)14-11-7-5-6-10(8-11)9-15/h5-9H,4H2,1-3H3,(H,14,16). The van der Waals surface area contributed by atoms with Crippen LogP contribution in [-0.2, 0) is 9.53 Å². The van der Waals surface area contributed by atoms with Crippen LogP contribution < -0.4 is 5.32 Å². The van der Waals surface area contributed by atoms with Crippen LogP contribution in [0.5, 0.6) is 0 Å². The van der Waals surface area contributed by atoms with Gasteiger partial charge in [0.2, 0.25) is 0 Å². The van der Waals surface area contributed by atoms with Gasteiger partial charge < -0.3 is 10.1 Å². The Balaban J connectivity index is 2.83. The summed E-state index contributed by atoms with van der Waals surface area (Å²) < 4.78 is 5.20. The second-order valence-electron chi connectivity index (χ2n) is 3.99. The topological polar surface area (TPSA) is 55.4 Å². The van der Waals surface area contributed by atoms with Gasteiger partial charge in [-0.2, -0.15) is 0 Å². The maximum atomic E-state index is 12.0. The van der Waals surface area contributed by atoms with Gasteiger partial charge in [-0.05, 0) is 25.5 Å². The van der Waals surface area contributed by atoms with Crippen molar-refractivity contribution in [3.05, 3.63) is 29.8 Å². The molecule has 0 aliphatic carbocycles. The van der Waals surface area contributed by atoms with E-state index in [1.807, 2.05) is 6.92 Å². The van der Waals surface area contributed by atoms with Crippen molar-refractivity contribution in [3.63, 3.8) is 0 Å². The van der Waals surface area contributed by atoms with E-state index in [4.69, 9.17) is 4.74 Å². The highest BCUT2D eigenvalue weighted by atomic mass is 16.5. The van der Waals surface area contributed by atoms with Crippen LogP contribution in [0, 0.1) is 0 Å². The zero-order chi connectivity index (χ0) is 12.9. The van der Waals surface area contributed by atoms with E-state index in [9.17, 15) is 9.59 Å². The molecule has 0 bridgehead atoms. The van der Waals surface area contributed by atoms with E-state index < -0.39 is 5.60 Å². The summed E-state index contributed by atoms with van der Waals surface area (Å²) in [5, 5.41) is 2.74. The van der Waals surface area contributed by atoms with Crippen molar-refractivity contribution in [2.75, 3.05) is 12.4 Å². The molecule has 1 rings (SSSR count). The molecule has 1 aromatic carbocycles. The van der Waals surface area contributed by atoms with Gasteiger partial charge in [-0.3, -0.25) is 9.59 Å². The molecule has 4 heteroatoms. The molecule has 17 heavy (non-hydrogen) atoms. The highest BCUT2D eigenvalue weighted by molar-refractivity contribution is 5.97. The fourth-order valence-corrected chi connectivity index (χ4v) is 1.35. The van der Waals surface area contributed by atoms with Crippen LogP contribution in [0.2, 0.25) is 0 Å². The summed E-state index contributed by atoms with van der Waals surface area (Å²) in [6.45, 7) is 3.61. The molecule has 0 saturated carbocycles. The average Bonchev–Trinajstić information content (AvgIpc) is 2.37. The zero-order valence-corrected chi connectivity index (χ0v) is 10.3. The lowest BCUT2D eigenvalue weighted by Crippen LogP contribution is -2.41. The molecule has 0 heterocycles. The molecule has 4 nitrogen and oxygen atoms in total. The quantitative estimate of drug-likeness (QED) is 0.796. The first-order valence-corrected chi connectivity index (χ1v) is 5.47. The summed E-state index contributed by atoms with van der Waals surface area (Å²) in [5.74, 6) is -0.217. The lowest BCUT2D eigenvalue weighted by molar-refractivity contribution is -0.136. The van der Waals surface area contributed by atoms with E-state index in [2.05, 4.69) is 5.32 Å². The maximum absolute atomic E-state index is 12.0. The van der Waals surface area contributed by atoms with E-state index in [0.717, 1.165) is 6.29 Å². The monoisotopic (exact) mass is 235 g/mol. The van der Waals surface area contributed by atoms with Gasteiger partial charge >= 0.3 is 0 Å². The van der Waals surface area contributed by atoms with E-state index in [1.54, 1.807) is 31.2 Å². The minimum atomic E-state index is -0.850. The number of hydrogen-bond acceptors (Lipinski definition) is 3. The number of nitrogens with one attached hydrogen (secondary N) is 1. The van der Waals surface area contributed by atoms with Gasteiger partial charge in [-0.25, -0.2) is 0 Å². The summed E-state index contributed by atoms with van der Waals surface area (Å²) in [7, 11) is 1.50. The molecule has 0 radical (unpaired) electrons. The van der Waals surface area contributed by atoms with Crippen molar-refractivity contribution in [1.29, 1.82) is 0 Å². The average molecular weight is 235 g/mol. The Kier molecular flexibility index (Phi) is 4.40. The van der Waals surface area contributed by atoms with Crippen molar-refractivity contribution in [2.45, 2.75) is 25.9 Å². The largest absolute Gasteiger partial charge is 0.369 e. The number of carbonyl (C=O) groups is 2. The van der Waals surface area contributed by atoms with Crippen molar-refractivity contribution in [1.82, 2.24) is 0 Å². The highest BCUT2D eigenvalue weighted by Gasteiger charge is 2.30. The second kappa shape index (κ2) is 5.59. The van der Waals surface area contributed by atoms with Gasteiger partial charge in [0.25, 0.3) is 5.91 Å². The molecular formula is C13H17NO3. The minimum absolute atomic E-state index is 0.217. The summed E-state index contributed by atoms with van der Waals surface area (Å²) in [6, 6.07) is 6.75. The van der Waals surface area contributed by atoms with E-state index >= 15 is 0 Å². The Morgan fingerprint density at radius 3 is 2.76 bits per heavy atom. The Morgan fingerprint density at radius 1 is 1.53 bits per heavy atom. The third-order valence-electron chi connectivity index (χ3n) is 2.89. The summed E-state index contributed by atoms with van der Waals surface area (Å²) >= 11 is 0. The van der Waals surface area contributed by atoms with Gasteiger partial charge in [0.15, 0.2) is 0 Å². The molecular weight excluding hydrogens is 218 g/mol. The Bertz CT molecular complexity index is 411. The SMILES string of the molecule is CCC(C)(OC)C(=O)Nc1cccc(C=O)c1.